The third kappa shape index (κ3) is 5.88. The number of hydrogen-bond donors (Lipinski definition) is 2. The van der Waals surface area contributed by atoms with E-state index in [2.05, 4.69) is 41.8 Å². The van der Waals surface area contributed by atoms with Crippen molar-refractivity contribution >= 4 is 5.91 Å². The lowest BCUT2D eigenvalue weighted by molar-refractivity contribution is -0.122. The van der Waals surface area contributed by atoms with Crippen LogP contribution in [0.15, 0.2) is 30.3 Å². The average molecular weight is 288 g/mol. The molecular formula is C18H28N2O. The minimum atomic E-state index is 0.209. The van der Waals surface area contributed by atoms with Gasteiger partial charge in [-0.05, 0) is 44.2 Å². The van der Waals surface area contributed by atoms with Gasteiger partial charge in [-0.25, -0.2) is 0 Å². The quantitative estimate of drug-likeness (QED) is 0.772. The van der Waals surface area contributed by atoms with Crippen LogP contribution in [0.3, 0.4) is 0 Å². The highest BCUT2D eigenvalue weighted by Crippen LogP contribution is 2.11. The Morgan fingerprint density at radius 2 is 2.14 bits per heavy atom. The highest BCUT2D eigenvalue weighted by atomic mass is 16.1. The fraction of sp³-hybridized carbons (Fsp3) is 0.611. The van der Waals surface area contributed by atoms with Gasteiger partial charge in [0.2, 0.25) is 5.91 Å². The van der Waals surface area contributed by atoms with E-state index in [-0.39, 0.29) is 5.91 Å². The first-order valence-corrected chi connectivity index (χ1v) is 8.34. The number of amides is 1. The van der Waals surface area contributed by atoms with Gasteiger partial charge in [0.25, 0.3) is 0 Å². The van der Waals surface area contributed by atoms with Gasteiger partial charge in [-0.3, -0.25) is 4.79 Å². The Labute approximate surface area is 128 Å². The van der Waals surface area contributed by atoms with E-state index in [1.807, 2.05) is 6.07 Å². The number of carbonyl (C=O) groups excluding carboxylic acids is 1. The van der Waals surface area contributed by atoms with Crippen LogP contribution in [0.5, 0.6) is 0 Å². The van der Waals surface area contributed by atoms with Crippen LogP contribution < -0.4 is 10.6 Å². The highest BCUT2D eigenvalue weighted by Gasteiger charge is 2.19. The second-order valence-electron chi connectivity index (χ2n) is 6.07. The molecule has 21 heavy (non-hydrogen) atoms. The molecule has 0 saturated carbocycles. The first-order chi connectivity index (χ1) is 10.3. The molecule has 2 unspecified atom stereocenters. The van der Waals surface area contributed by atoms with Crippen molar-refractivity contribution in [3.8, 4) is 0 Å². The maximum absolute atomic E-state index is 12.1. The van der Waals surface area contributed by atoms with Gasteiger partial charge in [0.1, 0.15) is 0 Å². The van der Waals surface area contributed by atoms with Crippen LogP contribution in [-0.4, -0.2) is 24.5 Å². The molecule has 116 valence electrons. The van der Waals surface area contributed by atoms with Gasteiger partial charge in [-0.1, -0.05) is 43.7 Å². The van der Waals surface area contributed by atoms with Crippen LogP contribution in [0.2, 0.25) is 0 Å². The summed E-state index contributed by atoms with van der Waals surface area (Å²) in [6, 6.07) is 11.2. The molecule has 0 aliphatic carbocycles. The predicted octanol–water partition coefficient (Wildman–Crippen LogP) is 3.05. The molecule has 1 heterocycles. The zero-order valence-electron chi connectivity index (χ0n) is 13.1. The van der Waals surface area contributed by atoms with Gasteiger partial charge in [0.05, 0.1) is 0 Å². The zero-order chi connectivity index (χ0) is 14.9. The monoisotopic (exact) mass is 288 g/mol. The molecule has 1 fully saturated rings. The Hall–Kier alpha value is -1.35. The van der Waals surface area contributed by atoms with Crippen LogP contribution in [0, 0.1) is 0 Å². The third-order valence-electron chi connectivity index (χ3n) is 4.22. The molecule has 3 nitrogen and oxygen atoms in total. The smallest absolute Gasteiger partial charge is 0.221 e. The molecule has 1 aromatic carbocycles. The molecule has 0 radical (unpaired) electrons. The van der Waals surface area contributed by atoms with E-state index in [9.17, 15) is 4.79 Å². The SMILES string of the molecule is CCCC(CCc1ccccc1)NC(=O)CC1CCCN1. The predicted molar refractivity (Wildman–Crippen MR) is 87.2 cm³/mol. The molecule has 2 rings (SSSR count). The van der Waals surface area contributed by atoms with E-state index in [1.54, 1.807) is 0 Å². The molecule has 0 spiro atoms. The molecule has 1 amide bonds. The lowest BCUT2D eigenvalue weighted by Crippen LogP contribution is -2.38. The largest absolute Gasteiger partial charge is 0.353 e. The maximum Gasteiger partial charge on any atom is 0.221 e. The van der Waals surface area contributed by atoms with Crippen molar-refractivity contribution in [2.45, 2.75) is 64.0 Å². The summed E-state index contributed by atoms with van der Waals surface area (Å²) in [5.74, 6) is 0.209. The van der Waals surface area contributed by atoms with E-state index in [0.29, 0.717) is 18.5 Å². The normalized spacial score (nSPS) is 19.4. The van der Waals surface area contributed by atoms with Gasteiger partial charge in [-0.15, -0.1) is 0 Å². The Morgan fingerprint density at radius 1 is 1.33 bits per heavy atom. The van der Waals surface area contributed by atoms with Gasteiger partial charge in [0.15, 0.2) is 0 Å². The molecule has 1 aliphatic heterocycles. The van der Waals surface area contributed by atoms with Crippen LogP contribution in [0.4, 0.5) is 0 Å². The lowest BCUT2D eigenvalue weighted by atomic mass is 10.0. The van der Waals surface area contributed by atoms with E-state index in [0.717, 1.165) is 38.6 Å². The summed E-state index contributed by atoms with van der Waals surface area (Å²) in [6.45, 7) is 3.24. The number of rotatable bonds is 8. The molecule has 0 aromatic heterocycles. The second-order valence-corrected chi connectivity index (χ2v) is 6.07. The van der Waals surface area contributed by atoms with E-state index in [4.69, 9.17) is 0 Å². The van der Waals surface area contributed by atoms with Gasteiger partial charge in [-0.2, -0.15) is 0 Å². The lowest BCUT2D eigenvalue weighted by Gasteiger charge is -2.19. The van der Waals surface area contributed by atoms with Crippen molar-refractivity contribution in [2.75, 3.05) is 6.54 Å². The van der Waals surface area contributed by atoms with E-state index >= 15 is 0 Å². The standard InChI is InChI=1S/C18H28N2O/c1-2-7-16(12-11-15-8-4-3-5-9-15)20-18(21)14-17-10-6-13-19-17/h3-5,8-9,16-17,19H,2,6-7,10-14H2,1H3,(H,20,21). The molecule has 1 aliphatic rings. The average Bonchev–Trinajstić information content (AvgIpc) is 2.99. The minimum Gasteiger partial charge on any atom is -0.353 e. The Balaban J connectivity index is 1.76. The molecule has 1 saturated heterocycles. The molecule has 3 heteroatoms. The molecular weight excluding hydrogens is 260 g/mol. The van der Waals surface area contributed by atoms with Gasteiger partial charge in [0, 0.05) is 18.5 Å². The third-order valence-corrected chi connectivity index (χ3v) is 4.22. The number of hydrogen-bond acceptors (Lipinski definition) is 2. The van der Waals surface area contributed by atoms with E-state index in [1.165, 1.54) is 12.0 Å². The zero-order valence-corrected chi connectivity index (χ0v) is 13.1. The number of benzene rings is 1. The highest BCUT2D eigenvalue weighted by molar-refractivity contribution is 5.76. The molecule has 1 aromatic rings. The maximum atomic E-state index is 12.1. The topological polar surface area (TPSA) is 41.1 Å². The number of aryl methyl sites for hydroxylation is 1. The minimum absolute atomic E-state index is 0.209. The van der Waals surface area contributed by atoms with Gasteiger partial charge >= 0.3 is 0 Å². The Morgan fingerprint density at radius 3 is 2.81 bits per heavy atom. The summed E-state index contributed by atoms with van der Waals surface area (Å²) in [5.41, 5.74) is 1.35. The molecule has 0 bridgehead atoms. The van der Waals surface area contributed by atoms with Gasteiger partial charge < -0.3 is 10.6 Å². The first-order valence-electron chi connectivity index (χ1n) is 8.34. The second kappa shape index (κ2) is 8.83. The van der Waals surface area contributed by atoms with Crippen LogP contribution in [0.25, 0.3) is 0 Å². The summed E-state index contributed by atoms with van der Waals surface area (Å²) < 4.78 is 0. The summed E-state index contributed by atoms with van der Waals surface area (Å²) in [4.78, 5) is 12.1. The Kier molecular flexibility index (Phi) is 6.74. The van der Waals surface area contributed by atoms with Crippen molar-refractivity contribution in [3.63, 3.8) is 0 Å². The van der Waals surface area contributed by atoms with Crippen LogP contribution in [0.1, 0.15) is 51.0 Å². The molecule has 2 atom stereocenters. The van der Waals surface area contributed by atoms with Crippen molar-refractivity contribution in [1.29, 1.82) is 0 Å². The number of carbonyl (C=O) groups is 1. The molecule has 2 N–H and O–H groups in total. The summed E-state index contributed by atoms with van der Waals surface area (Å²) in [7, 11) is 0. The van der Waals surface area contributed by atoms with Crippen LogP contribution >= 0.6 is 0 Å². The number of nitrogens with one attached hydrogen (secondary N) is 2. The summed E-state index contributed by atoms with van der Waals surface area (Å²) in [6.07, 6.45) is 7.21. The summed E-state index contributed by atoms with van der Waals surface area (Å²) >= 11 is 0. The summed E-state index contributed by atoms with van der Waals surface area (Å²) in [5, 5.41) is 6.63. The van der Waals surface area contributed by atoms with Crippen LogP contribution in [-0.2, 0) is 11.2 Å². The van der Waals surface area contributed by atoms with Crippen molar-refractivity contribution in [2.24, 2.45) is 0 Å². The van der Waals surface area contributed by atoms with Crippen molar-refractivity contribution in [1.82, 2.24) is 10.6 Å². The fourth-order valence-corrected chi connectivity index (χ4v) is 3.06. The first kappa shape index (κ1) is 16.0. The fourth-order valence-electron chi connectivity index (χ4n) is 3.06. The Bertz CT molecular complexity index is 412. The van der Waals surface area contributed by atoms with Crippen molar-refractivity contribution in [3.05, 3.63) is 35.9 Å². The van der Waals surface area contributed by atoms with E-state index < -0.39 is 0 Å². The van der Waals surface area contributed by atoms with Crippen molar-refractivity contribution < 1.29 is 4.79 Å².